The maximum absolute atomic E-state index is 12.9. The molecule has 1 N–H and O–H groups in total. The molecule has 0 aromatic heterocycles. The normalized spacial score (nSPS) is 15.4. The minimum Gasteiger partial charge on any atom is -0.354 e. The zero-order chi connectivity index (χ0) is 17.6. The van der Waals surface area contributed by atoms with Gasteiger partial charge < -0.3 is 5.32 Å². The van der Waals surface area contributed by atoms with Gasteiger partial charge in [-0.2, -0.15) is 0 Å². The molecule has 1 aliphatic rings. The number of fused-ring (bicyclic) bond motifs is 1. The highest BCUT2D eigenvalue weighted by atomic mass is 19.1. The molecule has 1 aliphatic heterocycles. The van der Waals surface area contributed by atoms with Crippen molar-refractivity contribution in [2.75, 3.05) is 13.1 Å². The molecule has 2 aromatic carbocycles. The van der Waals surface area contributed by atoms with Crippen molar-refractivity contribution < 1.29 is 9.18 Å². The average Bonchev–Trinajstić information content (AvgIpc) is 2.64. The van der Waals surface area contributed by atoms with E-state index in [1.165, 1.54) is 23.3 Å². The molecule has 1 heterocycles. The van der Waals surface area contributed by atoms with E-state index in [9.17, 15) is 9.18 Å². The summed E-state index contributed by atoms with van der Waals surface area (Å²) in [4.78, 5) is 14.6. The first-order valence-corrected chi connectivity index (χ1v) is 8.97. The number of nitrogens with zero attached hydrogens (tertiary/aromatic N) is 1. The molecule has 0 saturated heterocycles. The van der Waals surface area contributed by atoms with E-state index in [1.54, 1.807) is 12.1 Å². The molecular weight excluding hydrogens is 315 g/mol. The van der Waals surface area contributed by atoms with E-state index < -0.39 is 0 Å². The van der Waals surface area contributed by atoms with Gasteiger partial charge in [-0.1, -0.05) is 43.3 Å². The van der Waals surface area contributed by atoms with Crippen LogP contribution in [0.1, 0.15) is 30.0 Å². The Bertz CT molecular complexity index is 714. The number of carbonyl (C=O) groups excluding carboxylic acids is 1. The van der Waals surface area contributed by atoms with E-state index >= 15 is 0 Å². The van der Waals surface area contributed by atoms with Gasteiger partial charge in [0.25, 0.3) is 0 Å². The maximum Gasteiger partial charge on any atom is 0.224 e. The Kier molecular flexibility index (Phi) is 5.82. The van der Waals surface area contributed by atoms with Gasteiger partial charge in [-0.05, 0) is 41.7 Å². The SMILES string of the molecule is CC[C@H](CNC(=O)Cc1ccc(F)cc1)N1CCc2ccccc2C1. The number of hydrogen-bond donors (Lipinski definition) is 1. The van der Waals surface area contributed by atoms with E-state index in [4.69, 9.17) is 0 Å². The Morgan fingerprint density at radius 3 is 2.60 bits per heavy atom. The van der Waals surface area contributed by atoms with Crippen LogP contribution in [0.25, 0.3) is 0 Å². The van der Waals surface area contributed by atoms with Crippen LogP contribution in [-0.4, -0.2) is 29.9 Å². The van der Waals surface area contributed by atoms with Crippen LogP contribution in [0.5, 0.6) is 0 Å². The minimum absolute atomic E-state index is 0.0116. The number of amides is 1. The van der Waals surface area contributed by atoms with Crippen molar-refractivity contribution in [3.8, 4) is 0 Å². The smallest absolute Gasteiger partial charge is 0.224 e. The van der Waals surface area contributed by atoms with Gasteiger partial charge in [0, 0.05) is 25.7 Å². The van der Waals surface area contributed by atoms with Crippen LogP contribution in [0, 0.1) is 5.82 Å². The van der Waals surface area contributed by atoms with E-state index in [0.717, 1.165) is 31.5 Å². The lowest BCUT2D eigenvalue weighted by Crippen LogP contribution is -2.46. The molecule has 0 saturated carbocycles. The van der Waals surface area contributed by atoms with Crippen molar-refractivity contribution >= 4 is 5.91 Å². The molecule has 0 spiro atoms. The molecule has 25 heavy (non-hydrogen) atoms. The van der Waals surface area contributed by atoms with E-state index in [0.29, 0.717) is 19.0 Å². The Morgan fingerprint density at radius 1 is 1.16 bits per heavy atom. The largest absolute Gasteiger partial charge is 0.354 e. The summed E-state index contributed by atoms with van der Waals surface area (Å²) < 4.78 is 12.9. The van der Waals surface area contributed by atoms with Gasteiger partial charge in [0.15, 0.2) is 0 Å². The molecule has 0 aliphatic carbocycles. The van der Waals surface area contributed by atoms with Crippen LogP contribution in [0.15, 0.2) is 48.5 Å². The topological polar surface area (TPSA) is 32.3 Å². The quantitative estimate of drug-likeness (QED) is 0.875. The summed E-state index contributed by atoms with van der Waals surface area (Å²) in [5, 5.41) is 3.04. The summed E-state index contributed by atoms with van der Waals surface area (Å²) in [7, 11) is 0. The lowest BCUT2D eigenvalue weighted by molar-refractivity contribution is -0.120. The van der Waals surface area contributed by atoms with Crippen molar-refractivity contribution in [2.24, 2.45) is 0 Å². The summed E-state index contributed by atoms with van der Waals surface area (Å²) in [5.41, 5.74) is 3.66. The molecule has 4 heteroatoms. The molecular formula is C21H25FN2O. The standard InChI is InChI=1S/C21H25FN2O/c1-2-20(24-12-11-17-5-3-4-6-18(17)15-24)14-23-21(25)13-16-7-9-19(22)10-8-16/h3-10,20H,2,11-15H2,1H3,(H,23,25)/t20-/m1/s1. The molecule has 132 valence electrons. The minimum atomic E-state index is -0.277. The molecule has 0 unspecified atom stereocenters. The van der Waals surface area contributed by atoms with Gasteiger partial charge in [-0.15, -0.1) is 0 Å². The second kappa shape index (κ2) is 8.26. The third kappa shape index (κ3) is 4.67. The van der Waals surface area contributed by atoms with E-state index in [2.05, 4.69) is 41.4 Å². The molecule has 0 radical (unpaired) electrons. The van der Waals surface area contributed by atoms with Gasteiger partial charge in [-0.25, -0.2) is 4.39 Å². The maximum atomic E-state index is 12.9. The fourth-order valence-corrected chi connectivity index (χ4v) is 3.44. The number of hydrogen-bond acceptors (Lipinski definition) is 2. The second-order valence-electron chi connectivity index (χ2n) is 6.66. The predicted molar refractivity (Wildman–Crippen MR) is 97.7 cm³/mol. The van der Waals surface area contributed by atoms with Gasteiger partial charge in [-0.3, -0.25) is 9.69 Å². The molecule has 2 aromatic rings. The van der Waals surface area contributed by atoms with Gasteiger partial charge in [0.2, 0.25) is 5.91 Å². The van der Waals surface area contributed by atoms with Gasteiger partial charge >= 0.3 is 0 Å². The van der Waals surface area contributed by atoms with Crippen LogP contribution >= 0.6 is 0 Å². The van der Waals surface area contributed by atoms with Crippen LogP contribution in [0.4, 0.5) is 4.39 Å². The first kappa shape index (κ1) is 17.6. The molecule has 1 amide bonds. The Balaban J connectivity index is 1.52. The lowest BCUT2D eigenvalue weighted by Gasteiger charge is -2.35. The Labute approximate surface area is 148 Å². The summed E-state index contributed by atoms with van der Waals surface area (Å²) in [6.07, 6.45) is 2.36. The predicted octanol–water partition coefficient (Wildman–Crippen LogP) is 3.32. The van der Waals surface area contributed by atoms with Crippen LogP contribution in [-0.2, 0) is 24.2 Å². The number of benzene rings is 2. The summed E-state index contributed by atoms with van der Waals surface area (Å²) in [6, 6.07) is 15.0. The molecule has 0 fully saturated rings. The molecule has 3 nitrogen and oxygen atoms in total. The van der Waals surface area contributed by atoms with Crippen molar-refractivity contribution in [1.82, 2.24) is 10.2 Å². The highest BCUT2D eigenvalue weighted by Crippen LogP contribution is 2.21. The van der Waals surface area contributed by atoms with Gasteiger partial charge in [0.1, 0.15) is 5.82 Å². The fraction of sp³-hybridized carbons (Fsp3) is 0.381. The van der Waals surface area contributed by atoms with E-state index in [1.807, 2.05) is 0 Å². The van der Waals surface area contributed by atoms with Gasteiger partial charge in [0.05, 0.1) is 6.42 Å². The summed E-state index contributed by atoms with van der Waals surface area (Å²) in [5.74, 6) is -0.289. The Hall–Kier alpha value is -2.20. The first-order chi connectivity index (χ1) is 12.2. The number of nitrogens with one attached hydrogen (secondary N) is 1. The zero-order valence-electron chi connectivity index (χ0n) is 14.7. The summed E-state index contributed by atoms with van der Waals surface area (Å²) in [6.45, 7) is 4.79. The number of carbonyl (C=O) groups is 1. The van der Waals surface area contributed by atoms with Crippen LogP contribution in [0.2, 0.25) is 0 Å². The number of rotatable bonds is 6. The summed E-state index contributed by atoms with van der Waals surface area (Å²) >= 11 is 0. The lowest BCUT2D eigenvalue weighted by atomic mass is 9.98. The third-order valence-corrected chi connectivity index (χ3v) is 4.96. The molecule has 3 rings (SSSR count). The number of halogens is 1. The van der Waals surface area contributed by atoms with Crippen LogP contribution < -0.4 is 5.32 Å². The fourth-order valence-electron chi connectivity index (χ4n) is 3.44. The monoisotopic (exact) mass is 340 g/mol. The first-order valence-electron chi connectivity index (χ1n) is 8.97. The average molecular weight is 340 g/mol. The van der Waals surface area contributed by atoms with Crippen molar-refractivity contribution in [3.63, 3.8) is 0 Å². The second-order valence-corrected chi connectivity index (χ2v) is 6.66. The zero-order valence-corrected chi connectivity index (χ0v) is 14.7. The van der Waals surface area contributed by atoms with Crippen molar-refractivity contribution in [1.29, 1.82) is 0 Å². The Morgan fingerprint density at radius 2 is 1.88 bits per heavy atom. The third-order valence-electron chi connectivity index (χ3n) is 4.96. The van der Waals surface area contributed by atoms with Crippen molar-refractivity contribution in [3.05, 3.63) is 71.0 Å². The van der Waals surface area contributed by atoms with Crippen molar-refractivity contribution in [2.45, 2.75) is 38.8 Å². The van der Waals surface area contributed by atoms with E-state index in [-0.39, 0.29) is 11.7 Å². The highest BCUT2D eigenvalue weighted by molar-refractivity contribution is 5.78. The molecule has 1 atom stereocenters. The van der Waals surface area contributed by atoms with Crippen LogP contribution in [0.3, 0.4) is 0 Å². The molecule has 0 bridgehead atoms. The highest BCUT2D eigenvalue weighted by Gasteiger charge is 2.22.